The maximum absolute atomic E-state index is 6.30. The van der Waals surface area contributed by atoms with Crippen LogP contribution in [0.3, 0.4) is 0 Å². The lowest BCUT2D eigenvalue weighted by atomic mass is 9.74. The van der Waals surface area contributed by atoms with E-state index in [1.165, 1.54) is 43.2 Å². The van der Waals surface area contributed by atoms with E-state index in [-0.39, 0.29) is 6.10 Å². The lowest BCUT2D eigenvalue weighted by Crippen LogP contribution is -2.37. The molecule has 2 aliphatic rings. The van der Waals surface area contributed by atoms with Crippen molar-refractivity contribution in [3.63, 3.8) is 0 Å². The Morgan fingerprint density at radius 1 is 1.16 bits per heavy atom. The molecule has 1 spiro atoms. The number of rotatable bonds is 1. The molecule has 2 fully saturated rings. The van der Waals surface area contributed by atoms with Crippen LogP contribution < -0.4 is 5.32 Å². The van der Waals surface area contributed by atoms with E-state index in [9.17, 15) is 0 Å². The molecule has 1 saturated carbocycles. The van der Waals surface area contributed by atoms with Crippen LogP contribution in [-0.2, 0) is 4.74 Å². The standard InChI is InChI=1S/C17H25NO/c1-14-7-3-4-8-15(14)16-11-18-12-17(13-19-16)9-5-2-6-10-17/h3-4,7-8,16,18H,2,5-6,9-13H2,1H3. The minimum absolute atomic E-state index is 0.225. The number of hydrogen-bond acceptors (Lipinski definition) is 2. The Hall–Kier alpha value is -0.860. The first-order valence-corrected chi connectivity index (χ1v) is 7.67. The Morgan fingerprint density at radius 2 is 1.95 bits per heavy atom. The Kier molecular flexibility index (Phi) is 3.90. The quantitative estimate of drug-likeness (QED) is 0.832. The van der Waals surface area contributed by atoms with Crippen LogP contribution in [0, 0.1) is 12.3 Å². The van der Waals surface area contributed by atoms with Crippen molar-refractivity contribution in [1.29, 1.82) is 0 Å². The molecule has 0 amide bonds. The molecule has 1 atom stereocenters. The Bertz CT molecular complexity index is 423. The lowest BCUT2D eigenvalue weighted by Gasteiger charge is -2.35. The number of aryl methyl sites for hydroxylation is 1. The summed E-state index contributed by atoms with van der Waals surface area (Å²) in [6.07, 6.45) is 7.05. The molecule has 1 saturated heterocycles. The number of hydrogen-bond donors (Lipinski definition) is 1. The molecule has 19 heavy (non-hydrogen) atoms. The average Bonchev–Trinajstić information content (AvgIpc) is 2.64. The molecule has 2 heteroatoms. The zero-order valence-electron chi connectivity index (χ0n) is 12.0. The second-order valence-electron chi connectivity index (χ2n) is 6.35. The fourth-order valence-electron chi connectivity index (χ4n) is 3.63. The summed E-state index contributed by atoms with van der Waals surface area (Å²) in [5.41, 5.74) is 3.10. The molecule has 1 heterocycles. The predicted molar refractivity (Wildman–Crippen MR) is 78.3 cm³/mol. The van der Waals surface area contributed by atoms with Gasteiger partial charge in [-0.2, -0.15) is 0 Å². The summed E-state index contributed by atoms with van der Waals surface area (Å²) < 4.78 is 6.30. The fourth-order valence-corrected chi connectivity index (χ4v) is 3.63. The Morgan fingerprint density at radius 3 is 2.74 bits per heavy atom. The summed E-state index contributed by atoms with van der Waals surface area (Å²) in [4.78, 5) is 0. The summed E-state index contributed by atoms with van der Waals surface area (Å²) in [7, 11) is 0. The summed E-state index contributed by atoms with van der Waals surface area (Å²) >= 11 is 0. The first kappa shape index (κ1) is 13.1. The maximum Gasteiger partial charge on any atom is 0.0952 e. The Balaban J connectivity index is 1.72. The molecule has 104 valence electrons. The topological polar surface area (TPSA) is 21.3 Å². The van der Waals surface area contributed by atoms with Gasteiger partial charge in [0.05, 0.1) is 12.7 Å². The molecular formula is C17H25NO. The highest BCUT2D eigenvalue weighted by atomic mass is 16.5. The van der Waals surface area contributed by atoms with E-state index < -0.39 is 0 Å². The smallest absolute Gasteiger partial charge is 0.0952 e. The van der Waals surface area contributed by atoms with E-state index in [4.69, 9.17) is 4.74 Å². The van der Waals surface area contributed by atoms with Crippen molar-refractivity contribution in [3.05, 3.63) is 35.4 Å². The summed E-state index contributed by atoms with van der Waals surface area (Å²) in [5.74, 6) is 0. The number of nitrogens with one attached hydrogen (secondary N) is 1. The van der Waals surface area contributed by atoms with Crippen molar-refractivity contribution in [2.75, 3.05) is 19.7 Å². The number of benzene rings is 1. The highest BCUT2D eigenvalue weighted by molar-refractivity contribution is 5.28. The van der Waals surface area contributed by atoms with Gasteiger partial charge in [0.1, 0.15) is 0 Å². The molecular weight excluding hydrogens is 234 g/mol. The Labute approximate surface area is 116 Å². The summed E-state index contributed by atoms with van der Waals surface area (Å²) in [6.45, 7) is 5.20. The van der Waals surface area contributed by atoms with E-state index in [0.717, 1.165) is 19.7 Å². The maximum atomic E-state index is 6.30. The second kappa shape index (κ2) is 5.64. The van der Waals surface area contributed by atoms with Gasteiger partial charge in [-0.1, -0.05) is 43.5 Å². The van der Waals surface area contributed by atoms with Crippen LogP contribution in [0.4, 0.5) is 0 Å². The highest BCUT2D eigenvalue weighted by Crippen LogP contribution is 2.38. The van der Waals surface area contributed by atoms with E-state index in [2.05, 4.69) is 36.5 Å². The van der Waals surface area contributed by atoms with E-state index >= 15 is 0 Å². The third-order valence-corrected chi connectivity index (χ3v) is 4.87. The van der Waals surface area contributed by atoms with Crippen molar-refractivity contribution in [2.45, 2.75) is 45.1 Å². The van der Waals surface area contributed by atoms with Gasteiger partial charge in [-0.05, 0) is 30.9 Å². The van der Waals surface area contributed by atoms with Gasteiger partial charge in [0.15, 0.2) is 0 Å². The molecule has 0 aromatic heterocycles. The van der Waals surface area contributed by atoms with Gasteiger partial charge in [0.2, 0.25) is 0 Å². The normalized spacial score (nSPS) is 27.1. The van der Waals surface area contributed by atoms with Crippen molar-refractivity contribution in [1.82, 2.24) is 5.32 Å². The zero-order chi connectivity index (χ0) is 13.1. The summed E-state index contributed by atoms with van der Waals surface area (Å²) in [6, 6.07) is 8.61. The predicted octanol–water partition coefficient (Wildman–Crippen LogP) is 3.61. The number of ether oxygens (including phenoxy) is 1. The van der Waals surface area contributed by atoms with E-state index in [0.29, 0.717) is 5.41 Å². The second-order valence-corrected chi connectivity index (χ2v) is 6.35. The van der Waals surface area contributed by atoms with Crippen molar-refractivity contribution in [3.8, 4) is 0 Å². The zero-order valence-corrected chi connectivity index (χ0v) is 12.0. The molecule has 1 aliphatic heterocycles. The lowest BCUT2D eigenvalue weighted by molar-refractivity contribution is -0.00164. The SMILES string of the molecule is Cc1ccccc1C1CNCC2(CCCCC2)CO1. The van der Waals surface area contributed by atoms with Gasteiger partial charge in [-0.15, -0.1) is 0 Å². The molecule has 0 bridgehead atoms. The van der Waals surface area contributed by atoms with Crippen LogP contribution in [0.1, 0.15) is 49.3 Å². The van der Waals surface area contributed by atoms with Gasteiger partial charge in [0.25, 0.3) is 0 Å². The van der Waals surface area contributed by atoms with Crippen molar-refractivity contribution < 1.29 is 4.74 Å². The van der Waals surface area contributed by atoms with Crippen LogP contribution >= 0.6 is 0 Å². The van der Waals surface area contributed by atoms with Crippen molar-refractivity contribution >= 4 is 0 Å². The fraction of sp³-hybridized carbons (Fsp3) is 0.647. The van der Waals surface area contributed by atoms with Crippen LogP contribution in [0.15, 0.2) is 24.3 Å². The van der Waals surface area contributed by atoms with Crippen LogP contribution in [0.2, 0.25) is 0 Å². The first-order chi connectivity index (χ1) is 9.29. The first-order valence-electron chi connectivity index (χ1n) is 7.67. The van der Waals surface area contributed by atoms with Crippen LogP contribution in [-0.4, -0.2) is 19.7 Å². The third-order valence-electron chi connectivity index (χ3n) is 4.87. The van der Waals surface area contributed by atoms with Gasteiger partial charge in [-0.25, -0.2) is 0 Å². The van der Waals surface area contributed by atoms with Crippen LogP contribution in [0.5, 0.6) is 0 Å². The highest BCUT2D eigenvalue weighted by Gasteiger charge is 2.35. The molecule has 0 radical (unpaired) electrons. The van der Waals surface area contributed by atoms with Gasteiger partial charge in [0, 0.05) is 18.5 Å². The monoisotopic (exact) mass is 259 g/mol. The molecule has 1 unspecified atom stereocenters. The molecule has 1 N–H and O–H groups in total. The van der Waals surface area contributed by atoms with Crippen molar-refractivity contribution in [2.24, 2.45) is 5.41 Å². The third kappa shape index (κ3) is 2.85. The summed E-state index contributed by atoms with van der Waals surface area (Å²) in [5, 5.41) is 3.66. The van der Waals surface area contributed by atoms with Gasteiger partial charge >= 0.3 is 0 Å². The molecule has 1 aromatic carbocycles. The largest absolute Gasteiger partial charge is 0.372 e. The molecule has 2 nitrogen and oxygen atoms in total. The van der Waals surface area contributed by atoms with Gasteiger partial charge in [-0.3, -0.25) is 0 Å². The van der Waals surface area contributed by atoms with Crippen LogP contribution in [0.25, 0.3) is 0 Å². The molecule has 3 rings (SSSR count). The van der Waals surface area contributed by atoms with E-state index in [1.807, 2.05) is 0 Å². The average molecular weight is 259 g/mol. The van der Waals surface area contributed by atoms with Gasteiger partial charge < -0.3 is 10.1 Å². The minimum Gasteiger partial charge on any atom is -0.372 e. The van der Waals surface area contributed by atoms with E-state index in [1.54, 1.807) is 0 Å². The minimum atomic E-state index is 0.225. The molecule has 1 aromatic rings. The molecule has 1 aliphatic carbocycles.